The molecule has 184 valence electrons. The molecule has 0 saturated carbocycles. The van der Waals surface area contributed by atoms with E-state index < -0.39 is 0 Å². The van der Waals surface area contributed by atoms with Crippen molar-refractivity contribution in [2.45, 2.75) is 45.4 Å². The molecule has 0 aliphatic carbocycles. The van der Waals surface area contributed by atoms with Crippen molar-refractivity contribution in [3.05, 3.63) is 59.3 Å². The molecule has 0 spiro atoms. The van der Waals surface area contributed by atoms with E-state index >= 15 is 0 Å². The summed E-state index contributed by atoms with van der Waals surface area (Å²) in [6.07, 6.45) is 6.52. The summed E-state index contributed by atoms with van der Waals surface area (Å²) in [5, 5.41) is 13.4. The highest BCUT2D eigenvalue weighted by atomic mass is 16.5. The molecule has 3 aliphatic heterocycles. The van der Waals surface area contributed by atoms with Gasteiger partial charge in [0.25, 0.3) is 5.71 Å². The van der Waals surface area contributed by atoms with Crippen LogP contribution in [0.3, 0.4) is 0 Å². The second-order valence-corrected chi connectivity index (χ2v) is 9.57. The zero-order chi connectivity index (χ0) is 24.2. The van der Waals surface area contributed by atoms with E-state index in [-0.39, 0.29) is 5.91 Å². The number of carbonyl (C=O) groups excluding carboxylic acids is 1. The van der Waals surface area contributed by atoms with Crippen molar-refractivity contribution in [1.29, 1.82) is 0 Å². The number of amides is 1. The minimum absolute atomic E-state index is 0.287. The fraction of sp³-hybridized carbons (Fsp3) is 0.464. The zero-order valence-electron chi connectivity index (χ0n) is 20.7. The van der Waals surface area contributed by atoms with E-state index in [1.54, 1.807) is 0 Å². The van der Waals surface area contributed by atoms with Crippen LogP contribution in [0.15, 0.2) is 53.5 Å². The first-order chi connectivity index (χ1) is 17.2. The largest absolute Gasteiger partial charge is 0.618 e. The van der Waals surface area contributed by atoms with Gasteiger partial charge in [0.1, 0.15) is 5.69 Å². The average molecular weight is 474 g/mol. The molecule has 0 N–H and O–H groups in total. The number of fused-ring (bicyclic) bond motifs is 3. The lowest BCUT2D eigenvalue weighted by molar-refractivity contribution is -0.358. The van der Waals surface area contributed by atoms with E-state index in [4.69, 9.17) is 0 Å². The molecule has 3 aliphatic rings. The number of anilines is 2. The zero-order valence-corrected chi connectivity index (χ0v) is 20.7. The first-order valence-electron chi connectivity index (χ1n) is 13.1. The standard InChI is InChI=1S/C28H35N5O2/c1-2-3-4-5-9-12-26(34)31-19-17-30(18-20-31)23-13-14-24-25(21-23)32-16-15-29-28(32)27(33(24)35)22-10-7-6-8-11-22/h6-8,10-11,13-14,21H,2-5,9,12,15-20H2,1H3. The Balaban J connectivity index is 1.28. The van der Waals surface area contributed by atoms with Gasteiger partial charge in [0.05, 0.1) is 12.1 Å². The summed E-state index contributed by atoms with van der Waals surface area (Å²) in [6, 6.07) is 15.9. The number of nitrogens with zero attached hydrogens (tertiary/aromatic N) is 5. The van der Waals surface area contributed by atoms with E-state index in [1.165, 1.54) is 19.3 Å². The van der Waals surface area contributed by atoms with Crippen LogP contribution in [0, 0.1) is 5.21 Å². The van der Waals surface area contributed by atoms with Gasteiger partial charge >= 0.3 is 0 Å². The molecule has 1 saturated heterocycles. The highest BCUT2D eigenvalue weighted by molar-refractivity contribution is 6.51. The molecule has 0 aromatic heterocycles. The van der Waals surface area contributed by atoms with Gasteiger partial charge < -0.3 is 19.9 Å². The van der Waals surface area contributed by atoms with Crippen LogP contribution in [0.25, 0.3) is 0 Å². The molecular weight excluding hydrogens is 438 g/mol. The van der Waals surface area contributed by atoms with Gasteiger partial charge in [0.2, 0.25) is 17.4 Å². The highest BCUT2D eigenvalue weighted by Crippen LogP contribution is 2.38. The predicted molar refractivity (Wildman–Crippen MR) is 142 cm³/mol. The summed E-state index contributed by atoms with van der Waals surface area (Å²) >= 11 is 0. The number of aliphatic imine (C=N–C) groups is 1. The average Bonchev–Trinajstić information content (AvgIpc) is 3.39. The van der Waals surface area contributed by atoms with E-state index in [1.807, 2.05) is 47.4 Å². The van der Waals surface area contributed by atoms with Crippen molar-refractivity contribution in [3.8, 4) is 0 Å². The van der Waals surface area contributed by atoms with Crippen LogP contribution in [0.5, 0.6) is 0 Å². The molecule has 2 aromatic carbocycles. The maximum Gasteiger partial charge on any atom is 0.267 e. The third-order valence-electron chi connectivity index (χ3n) is 7.26. The quantitative estimate of drug-likeness (QED) is 0.320. The lowest BCUT2D eigenvalue weighted by atomic mass is 10.0. The molecule has 7 heteroatoms. The van der Waals surface area contributed by atoms with Crippen molar-refractivity contribution >= 4 is 34.5 Å². The molecule has 35 heavy (non-hydrogen) atoms. The van der Waals surface area contributed by atoms with Gasteiger partial charge in [-0.2, -0.15) is 4.74 Å². The van der Waals surface area contributed by atoms with Gasteiger partial charge in [0, 0.05) is 50.9 Å². The molecule has 0 atom stereocenters. The number of carbonyl (C=O) groups is 1. The monoisotopic (exact) mass is 473 g/mol. The lowest BCUT2D eigenvalue weighted by Crippen LogP contribution is -2.49. The molecule has 5 rings (SSSR count). The summed E-state index contributed by atoms with van der Waals surface area (Å²) in [5.74, 6) is 1.04. The topological polar surface area (TPSA) is 65.2 Å². The van der Waals surface area contributed by atoms with Crippen molar-refractivity contribution < 1.29 is 9.53 Å². The van der Waals surface area contributed by atoms with Crippen LogP contribution in [-0.2, 0) is 4.79 Å². The molecule has 0 radical (unpaired) electrons. The molecule has 7 nitrogen and oxygen atoms in total. The van der Waals surface area contributed by atoms with E-state index in [9.17, 15) is 10.0 Å². The maximum absolute atomic E-state index is 13.4. The molecular formula is C28H35N5O2. The summed E-state index contributed by atoms with van der Waals surface area (Å²) in [6.45, 7) is 6.79. The number of rotatable bonds is 8. The van der Waals surface area contributed by atoms with Gasteiger partial charge in [0.15, 0.2) is 0 Å². The third kappa shape index (κ3) is 4.77. The number of piperazine rings is 1. The Morgan fingerprint density at radius 3 is 2.51 bits per heavy atom. The van der Waals surface area contributed by atoms with Crippen molar-refractivity contribution in [3.63, 3.8) is 0 Å². The molecule has 1 amide bonds. The van der Waals surface area contributed by atoms with Crippen LogP contribution in [-0.4, -0.2) is 66.4 Å². The van der Waals surface area contributed by atoms with Crippen LogP contribution in [0.2, 0.25) is 0 Å². The summed E-state index contributed by atoms with van der Waals surface area (Å²) in [4.78, 5) is 23.8. The number of benzene rings is 2. The van der Waals surface area contributed by atoms with E-state index in [2.05, 4.69) is 27.8 Å². The molecule has 2 aromatic rings. The summed E-state index contributed by atoms with van der Waals surface area (Å²) in [5.41, 5.74) is 4.17. The minimum atomic E-state index is 0.287. The third-order valence-corrected chi connectivity index (χ3v) is 7.26. The second kappa shape index (κ2) is 10.5. The fourth-order valence-corrected chi connectivity index (χ4v) is 5.29. The Morgan fingerprint density at radius 2 is 1.74 bits per heavy atom. The van der Waals surface area contributed by atoms with Gasteiger partial charge in [-0.05, 0) is 30.7 Å². The number of hydrogen-bond donors (Lipinski definition) is 0. The Labute approximate surface area is 207 Å². The summed E-state index contributed by atoms with van der Waals surface area (Å²) in [7, 11) is 0. The highest BCUT2D eigenvalue weighted by Gasteiger charge is 2.38. The van der Waals surface area contributed by atoms with Crippen molar-refractivity contribution in [2.24, 2.45) is 4.99 Å². The van der Waals surface area contributed by atoms with E-state index in [0.29, 0.717) is 24.4 Å². The van der Waals surface area contributed by atoms with Gasteiger partial charge in [-0.1, -0.05) is 50.8 Å². The minimum Gasteiger partial charge on any atom is -0.618 e. The van der Waals surface area contributed by atoms with Crippen LogP contribution in [0.4, 0.5) is 17.1 Å². The first-order valence-corrected chi connectivity index (χ1v) is 13.1. The molecule has 0 unspecified atom stereocenters. The molecule has 1 fully saturated rings. The maximum atomic E-state index is 13.4. The van der Waals surface area contributed by atoms with E-state index in [0.717, 1.165) is 73.1 Å². The Morgan fingerprint density at radius 1 is 0.971 bits per heavy atom. The van der Waals surface area contributed by atoms with Crippen LogP contribution >= 0.6 is 0 Å². The summed E-state index contributed by atoms with van der Waals surface area (Å²) < 4.78 is 1.03. The molecule has 3 heterocycles. The second-order valence-electron chi connectivity index (χ2n) is 9.57. The van der Waals surface area contributed by atoms with Crippen molar-refractivity contribution in [2.75, 3.05) is 49.1 Å². The SMILES string of the molecule is CCCCCCCC(=O)N1CCN(c2ccc3c(c2)N2CCN=C2C(c2ccccc2)=[N+]3[O-])CC1. The number of hydrogen-bond acceptors (Lipinski definition) is 5. The fourth-order valence-electron chi connectivity index (χ4n) is 5.29. The Hall–Kier alpha value is -3.35. The Bertz CT molecular complexity index is 1120. The normalized spacial score (nSPS) is 17.4. The lowest BCUT2D eigenvalue weighted by Gasteiger charge is -2.37. The number of unbranched alkanes of at least 4 members (excludes halogenated alkanes) is 4. The number of amidine groups is 1. The predicted octanol–water partition coefficient (Wildman–Crippen LogP) is 4.56. The Kier molecular flexibility index (Phi) is 7.02. The van der Waals surface area contributed by atoms with Crippen molar-refractivity contribution in [1.82, 2.24) is 4.90 Å². The van der Waals surface area contributed by atoms with Gasteiger partial charge in [-0.3, -0.25) is 9.79 Å². The molecule has 0 bridgehead atoms. The first kappa shape index (κ1) is 23.4. The van der Waals surface area contributed by atoms with Crippen LogP contribution in [0.1, 0.15) is 51.0 Å². The van der Waals surface area contributed by atoms with Gasteiger partial charge in [-0.25, -0.2) is 0 Å². The van der Waals surface area contributed by atoms with Crippen LogP contribution < -0.4 is 9.80 Å². The van der Waals surface area contributed by atoms with Gasteiger partial charge in [-0.15, -0.1) is 0 Å². The smallest absolute Gasteiger partial charge is 0.267 e.